The third-order valence-corrected chi connectivity index (χ3v) is 4.68. The van der Waals surface area contributed by atoms with E-state index in [9.17, 15) is 4.79 Å². The summed E-state index contributed by atoms with van der Waals surface area (Å²) in [4.78, 5) is 11.6. The van der Waals surface area contributed by atoms with Crippen LogP contribution in [-0.2, 0) is 0 Å². The molecule has 94 valence electrons. The van der Waals surface area contributed by atoms with Gasteiger partial charge in [-0.2, -0.15) is 0 Å². The largest absolute Gasteiger partial charge is 0.344 e. The van der Waals surface area contributed by atoms with Crippen molar-refractivity contribution in [3.63, 3.8) is 0 Å². The molecular formula is C11H18N4OS. The average molecular weight is 254 g/mol. The zero-order chi connectivity index (χ0) is 11.7. The predicted octanol–water partition coefficient (Wildman–Crippen LogP) is 0.998. The predicted molar refractivity (Wildman–Crippen MR) is 67.4 cm³/mol. The number of piperidine rings is 1. The molecule has 1 saturated heterocycles. The zero-order valence-electron chi connectivity index (χ0n) is 9.82. The van der Waals surface area contributed by atoms with Crippen molar-refractivity contribution in [2.24, 2.45) is 5.92 Å². The Bertz CT molecular complexity index is 431. The molecule has 2 N–H and O–H groups in total. The summed E-state index contributed by atoms with van der Waals surface area (Å²) in [6.07, 6.45) is 4.73. The van der Waals surface area contributed by atoms with Crippen LogP contribution in [0.2, 0.25) is 0 Å². The maximum absolute atomic E-state index is 11.6. The molecule has 1 saturated carbocycles. The van der Waals surface area contributed by atoms with E-state index in [1.54, 1.807) is 11.8 Å². The first kappa shape index (κ1) is 11.3. The van der Waals surface area contributed by atoms with Crippen LogP contribution < -0.4 is 11.0 Å². The summed E-state index contributed by atoms with van der Waals surface area (Å²) in [6, 6.07) is 0.414. The fraction of sp³-hybridized carbons (Fsp3) is 0.818. The molecule has 0 bridgehead atoms. The van der Waals surface area contributed by atoms with Crippen LogP contribution in [-0.4, -0.2) is 33.6 Å². The molecule has 1 aromatic rings. The van der Waals surface area contributed by atoms with Crippen LogP contribution >= 0.6 is 11.8 Å². The van der Waals surface area contributed by atoms with Crippen molar-refractivity contribution in [1.29, 1.82) is 0 Å². The van der Waals surface area contributed by atoms with Crippen molar-refractivity contribution in [2.75, 3.05) is 18.8 Å². The van der Waals surface area contributed by atoms with Gasteiger partial charge in [0, 0.05) is 11.8 Å². The van der Waals surface area contributed by atoms with Gasteiger partial charge in [0.1, 0.15) is 0 Å². The van der Waals surface area contributed by atoms with Crippen LogP contribution in [0.15, 0.2) is 9.95 Å². The molecule has 17 heavy (non-hydrogen) atoms. The Kier molecular flexibility index (Phi) is 3.24. The lowest BCUT2D eigenvalue weighted by Gasteiger charge is -2.21. The summed E-state index contributed by atoms with van der Waals surface area (Å²) in [6.45, 7) is 2.25. The van der Waals surface area contributed by atoms with Crippen LogP contribution in [0.5, 0.6) is 0 Å². The Morgan fingerprint density at radius 3 is 2.76 bits per heavy atom. The molecule has 2 aliphatic rings. The van der Waals surface area contributed by atoms with Gasteiger partial charge in [-0.05, 0) is 44.7 Å². The average Bonchev–Trinajstić information content (AvgIpc) is 3.12. The van der Waals surface area contributed by atoms with Crippen LogP contribution in [0, 0.1) is 5.92 Å². The van der Waals surface area contributed by atoms with E-state index in [1.165, 1.54) is 12.8 Å². The maximum atomic E-state index is 11.6. The van der Waals surface area contributed by atoms with Crippen molar-refractivity contribution in [1.82, 2.24) is 20.1 Å². The first-order chi connectivity index (χ1) is 8.34. The Hall–Kier alpha value is -0.750. The SMILES string of the molecule is O=c1[nH]nc(SCC2CCNCC2)n1C1CC1. The number of hydrogen-bond acceptors (Lipinski definition) is 4. The Morgan fingerprint density at radius 1 is 1.29 bits per heavy atom. The molecule has 0 spiro atoms. The second-order valence-corrected chi connectivity index (χ2v) is 5.90. The molecule has 2 fully saturated rings. The minimum absolute atomic E-state index is 0.0414. The number of thioether (sulfide) groups is 1. The number of nitrogens with zero attached hydrogens (tertiary/aromatic N) is 2. The number of H-pyrrole nitrogens is 1. The Morgan fingerprint density at radius 2 is 2.06 bits per heavy atom. The van der Waals surface area contributed by atoms with Gasteiger partial charge in [-0.25, -0.2) is 9.89 Å². The summed E-state index contributed by atoms with van der Waals surface area (Å²) in [5, 5.41) is 11.0. The molecule has 3 rings (SSSR count). The highest BCUT2D eigenvalue weighted by atomic mass is 32.2. The van der Waals surface area contributed by atoms with Crippen LogP contribution in [0.1, 0.15) is 31.7 Å². The smallest absolute Gasteiger partial charge is 0.317 e. The highest BCUT2D eigenvalue weighted by molar-refractivity contribution is 7.99. The molecule has 1 aromatic heterocycles. The van der Waals surface area contributed by atoms with Gasteiger partial charge >= 0.3 is 5.69 Å². The van der Waals surface area contributed by atoms with Crippen molar-refractivity contribution in [3.05, 3.63) is 10.5 Å². The molecule has 5 nitrogen and oxygen atoms in total. The Balaban J connectivity index is 1.62. The summed E-state index contributed by atoms with van der Waals surface area (Å²) < 4.78 is 1.84. The third-order valence-electron chi connectivity index (χ3n) is 3.49. The van der Waals surface area contributed by atoms with Crippen molar-refractivity contribution < 1.29 is 0 Å². The van der Waals surface area contributed by atoms with Crippen molar-refractivity contribution >= 4 is 11.8 Å². The monoisotopic (exact) mass is 254 g/mol. The number of aromatic amines is 1. The molecule has 0 atom stereocenters. The molecule has 0 aromatic carbocycles. The number of nitrogens with one attached hydrogen (secondary N) is 2. The fourth-order valence-electron chi connectivity index (χ4n) is 2.29. The highest BCUT2D eigenvalue weighted by Crippen LogP contribution is 2.36. The number of aromatic nitrogens is 3. The van der Waals surface area contributed by atoms with Gasteiger partial charge in [0.05, 0.1) is 0 Å². The van der Waals surface area contributed by atoms with Gasteiger partial charge in [-0.1, -0.05) is 11.8 Å². The van der Waals surface area contributed by atoms with Gasteiger partial charge in [0.15, 0.2) is 5.16 Å². The van der Waals surface area contributed by atoms with Crippen LogP contribution in [0.3, 0.4) is 0 Å². The Labute approximate surface area is 104 Å². The quantitative estimate of drug-likeness (QED) is 0.787. The number of hydrogen-bond donors (Lipinski definition) is 2. The van der Waals surface area contributed by atoms with Crippen molar-refractivity contribution in [3.8, 4) is 0 Å². The lowest BCUT2D eigenvalue weighted by molar-refractivity contribution is 0.407. The van der Waals surface area contributed by atoms with E-state index < -0.39 is 0 Å². The van der Waals surface area contributed by atoms with E-state index in [2.05, 4.69) is 15.5 Å². The van der Waals surface area contributed by atoms with Gasteiger partial charge in [-0.3, -0.25) is 4.57 Å². The van der Waals surface area contributed by atoms with E-state index in [0.29, 0.717) is 6.04 Å². The standard InChI is InChI=1S/C11H18N4OS/c16-10-13-14-11(15(10)9-1-2-9)17-7-8-3-5-12-6-4-8/h8-9,12H,1-7H2,(H,13,16). The molecule has 0 radical (unpaired) electrons. The highest BCUT2D eigenvalue weighted by Gasteiger charge is 2.28. The summed E-state index contributed by atoms with van der Waals surface area (Å²) in [5.74, 6) is 1.85. The van der Waals surface area contributed by atoms with Crippen LogP contribution in [0.4, 0.5) is 0 Å². The van der Waals surface area contributed by atoms with Gasteiger partial charge in [0.2, 0.25) is 0 Å². The minimum atomic E-state index is -0.0414. The second-order valence-electron chi connectivity index (χ2n) is 4.92. The van der Waals surface area contributed by atoms with E-state index in [1.807, 2.05) is 4.57 Å². The molecule has 0 unspecified atom stereocenters. The lowest BCUT2D eigenvalue weighted by atomic mass is 10.0. The van der Waals surface area contributed by atoms with E-state index >= 15 is 0 Å². The first-order valence-corrected chi connectivity index (χ1v) is 7.33. The molecule has 0 amide bonds. The third kappa shape index (κ3) is 2.57. The topological polar surface area (TPSA) is 62.7 Å². The molecular weight excluding hydrogens is 236 g/mol. The van der Waals surface area contributed by atoms with E-state index in [-0.39, 0.29) is 5.69 Å². The second kappa shape index (κ2) is 4.86. The minimum Gasteiger partial charge on any atom is -0.317 e. The molecule has 2 heterocycles. The summed E-state index contributed by atoms with van der Waals surface area (Å²) in [5.41, 5.74) is -0.0414. The summed E-state index contributed by atoms with van der Waals surface area (Å²) >= 11 is 1.74. The van der Waals surface area contributed by atoms with Gasteiger partial charge < -0.3 is 5.32 Å². The normalized spacial score (nSPS) is 21.9. The van der Waals surface area contributed by atoms with Crippen LogP contribution in [0.25, 0.3) is 0 Å². The van der Waals surface area contributed by atoms with Crippen molar-refractivity contribution in [2.45, 2.75) is 36.9 Å². The number of rotatable bonds is 4. The van der Waals surface area contributed by atoms with Gasteiger partial charge in [-0.15, -0.1) is 5.10 Å². The molecule has 1 aliphatic heterocycles. The zero-order valence-corrected chi connectivity index (χ0v) is 10.6. The van der Waals surface area contributed by atoms with Gasteiger partial charge in [0.25, 0.3) is 0 Å². The van der Waals surface area contributed by atoms with E-state index in [4.69, 9.17) is 0 Å². The van der Waals surface area contributed by atoms with E-state index in [0.717, 1.165) is 42.8 Å². The first-order valence-electron chi connectivity index (χ1n) is 6.35. The lowest BCUT2D eigenvalue weighted by Crippen LogP contribution is -2.28. The molecule has 1 aliphatic carbocycles. The molecule has 6 heteroatoms. The fourth-order valence-corrected chi connectivity index (χ4v) is 3.49. The summed E-state index contributed by atoms with van der Waals surface area (Å²) in [7, 11) is 0. The maximum Gasteiger partial charge on any atom is 0.344 e.